The van der Waals surface area contributed by atoms with Crippen LogP contribution in [0.4, 0.5) is 4.39 Å². The van der Waals surface area contributed by atoms with Gasteiger partial charge in [-0.25, -0.2) is 4.39 Å². The van der Waals surface area contributed by atoms with Gasteiger partial charge in [0.1, 0.15) is 19.0 Å². The third kappa shape index (κ3) is 2.29. The molecule has 0 saturated carbocycles. The van der Waals surface area contributed by atoms with Crippen molar-refractivity contribution < 1.29 is 9.13 Å². The summed E-state index contributed by atoms with van der Waals surface area (Å²) in [6.07, 6.45) is 3.27. The number of aryl methyl sites for hydroxylation is 1. The third-order valence-corrected chi connectivity index (χ3v) is 2.82. The van der Waals surface area contributed by atoms with Crippen molar-refractivity contribution in [3.63, 3.8) is 0 Å². The van der Waals surface area contributed by atoms with Crippen LogP contribution < -0.4 is 10.5 Å². The second kappa shape index (κ2) is 4.62. The van der Waals surface area contributed by atoms with Crippen LogP contribution in [0.5, 0.6) is 5.75 Å². The summed E-state index contributed by atoms with van der Waals surface area (Å²) in [4.78, 5) is 0. The van der Waals surface area contributed by atoms with Crippen molar-refractivity contribution in [2.45, 2.75) is 25.3 Å². The van der Waals surface area contributed by atoms with Gasteiger partial charge in [0.15, 0.2) is 0 Å². The quantitative estimate of drug-likeness (QED) is 0.829. The van der Waals surface area contributed by atoms with Crippen molar-refractivity contribution in [1.29, 1.82) is 0 Å². The maximum atomic E-state index is 11.9. The van der Waals surface area contributed by atoms with E-state index in [0.717, 1.165) is 30.6 Å². The minimum Gasteiger partial charge on any atom is -0.491 e. The first-order chi connectivity index (χ1) is 7.31. The van der Waals surface area contributed by atoms with E-state index in [1.54, 1.807) is 0 Å². The average Bonchev–Trinajstić information content (AvgIpc) is 2.27. The first kappa shape index (κ1) is 10.4. The van der Waals surface area contributed by atoms with E-state index in [1.165, 1.54) is 5.56 Å². The van der Waals surface area contributed by atoms with Crippen LogP contribution in [0, 0.1) is 0 Å². The van der Waals surface area contributed by atoms with Crippen LogP contribution in [0.3, 0.4) is 0 Å². The highest BCUT2D eigenvalue weighted by atomic mass is 19.1. The van der Waals surface area contributed by atoms with Gasteiger partial charge in [-0.1, -0.05) is 6.07 Å². The molecule has 0 spiro atoms. The first-order valence-electron chi connectivity index (χ1n) is 5.38. The Bertz CT molecular complexity index is 340. The summed E-state index contributed by atoms with van der Waals surface area (Å²) in [5.74, 6) is 0.726. The monoisotopic (exact) mass is 209 g/mol. The lowest BCUT2D eigenvalue weighted by molar-refractivity contribution is 0.272. The molecular formula is C12H16FNO. The Kier molecular flexibility index (Phi) is 3.21. The predicted octanol–water partition coefficient (Wildman–Crippen LogP) is 2.37. The number of hydrogen-bond donors (Lipinski definition) is 1. The molecule has 0 aliphatic heterocycles. The number of hydrogen-bond acceptors (Lipinski definition) is 2. The molecule has 1 aromatic rings. The maximum absolute atomic E-state index is 11.9. The molecule has 2 N–H and O–H groups in total. The summed E-state index contributed by atoms with van der Waals surface area (Å²) >= 11 is 0. The molecule has 2 rings (SSSR count). The second-order valence-corrected chi connectivity index (χ2v) is 3.90. The second-order valence-electron chi connectivity index (χ2n) is 3.90. The van der Waals surface area contributed by atoms with Crippen LogP contribution >= 0.6 is 0 Å². The molecule has 82 valence electrons. The van der Waals surface area contributed by atoms with E-state index in [2.05, 4.69) is 0 Å². The molecule has 1 atom stereocenters. The van der Waals surface area contributed by atoms with Crippen LogP contribution in [0.15, 0.2) is 18.2 Å². The van der Waals surface area contributed by atoms with Crippen LogP contribution in [0.1, 0.15) is 30.0 Å². The molecular weight excluding hydrogens is 193 g/mol. The van der Waals surface area contributed by atoms with Gasteiger partial charge in [-0.15, -0.1) is 0 Å². The van der Waals surface area contributed by atoms with Crippen molar-refractivity contribution in [2.24, 2.45) is 5.73 Å². The highest BCUT2D eigenvalue weighted by Crippen LogP contribution is 2.30. The maximum Gasteiger partial charge on any atom is 0.123 e. The fraction of sp³-hybridized carbons (Fsp3) is 0.500. The van der Waals surface area contributed by atoms with Gasteiger partial charge in [0.25, 0.3) is 0 Å². The zero-order valence-electron chi connectivity index (χ0n) is 8.71. The standard InChI is InChI=1S/C12H16FNO/c13-6-7-15-10-5-4-9-2-1-3-12(14)11(9)8-10/h4-5,8,12H,1-3,6-7,14H2/t12-/m1/s1. The number of ether oxygens (including phenoxy) is 1. The average molecular weight is 209 g/mol. The van der Waals surface area contributed by atoms with Crippen LogP contribution in [0.25, 0.3) is 0 Å². The first-order valence-corrected chi connectivity index (χ1v) is 5.38. The Labute approximate surface area is 89.2 Å². The van der Waals surface area contributed by atoms with Crippen LogP contribution in [0.2, 0.25) is 0 Å². The molecule has 0 amide bonds. The molecule has 0 aromatic heterocycles. The fourth-order valence-electron chi connectivity index (χ4n) is 2.06. The lowest BCUT2D eigenvalue weighted by Crippen LogP contribution is -2.17. The van der Waals surface area contributed by atoms with Gasteiger partial charge in [-0.3, -0.25) is 0 Å². The lowest BCUT2D eigenvalue weighted by atomic mass is 9.88. The van der Waals surface area contributed by atoms with Crippen LogP contribution in [-0.4, -0.2) is 13.3 Å². The number of fused-ring (bicyclic) bond motifs is 1. The van der Waals surface area contributed by atoms with Gasteiger partial charge in [-0.05, 0) is 42.5 Å². The number of alkyl halides is 1. The van der Waals surface area contributed by atoms with E-state index in [0.29, 0.717) is 0 Å². The van der Waals surface area contributed by atoms with Gasteiger partial charge < -0.3 is 10.5 Å². The van der Waals surface area contributed by atoms with E-state index in [9.17, 15) is 4.39 Å². The van der Waals surface area contributed by atoms with E-state index in [4.69, 9.17) is 10.5 Å². The molecule has 0 saturated heterocycles. The summed E-state index contributed by atoms with van der Waals surface area (Å²) in [5, 5.41) is 0. The molecule has 0 unspecified atom stereocenters. The fourth-order valence-corrected chi connectivity index (χ4v) is 2.06. The van der Waals surface area contributed by atoms with Crippen molar-refractivity contribution in [1.82, 2.24) is 0 Å². The molecule has 15 heavy (non-hydrogen) atoms. The molecule has 1 aromatic carbocycles. The van der Waals surface area contributed by atoms with Gasteiger partial charge in [0, 0.05) is 6.04 Å². The topological polar surface area (TPSA) is 35.2 Å². The summed E-state index contributed by atoms with van der Waals surface area (Å²) < 4.78 is 17.2. The highest BCUT2D eigenvalue weighted by molar-refractivity contribution is 5.39. The third-order valence-electron chi connectivity index (χ3n) is 2.82. The molecule has 0 radical (unpaired) electrons. The van der Waals surface area contributed by atoms with Crippen molar-refractivity contribution in [2.75, 3.05) is 13.3 Å². The van der Waals surface area contributed by atoms with E-state index in [-0.39, 0.29) is 12.6 Å². The largest absolute Gasteiger partial charge is 0.491 e. The Hall–Kier alpha value is -1.09. The molecule has 0 bridgehead atoms. The zero-order valence-corrected chi connectivity index (χ0v) is 8.71. The Morgan fingerprint density at radius 2 is 2.33 bits per heavy atom. The van der Waals surface area contributed by atoms with Gasteiger partial charge >= 0.3 is 0 Å². The summed E-state index contributed by atoms with van der Waals surface area (Å²) in [7, 11) is 0. The smallest absolute Gasteiger partial charge is 0.123 e. The predicted molar refractivity (Wildman–Crippen MR) is 57.8 cm³/mol. The lowest BCUT2D eigenvalue weighted by Gasteiger charge is -2.22. The van der Waals surface area contributed by atoms with E-state index < -0.39 is 6.67 Å². The minimum atomic E-state index is -0.455. The summed E-state index contributed by atoms with van der Waals surface area (Å²) in [6.45, 7) is -0.336. The van der Waals surface area contributed by atoms with Crippen molar-refractivity contribution in [3.8, 4) is 5.75 Å². The zero-order chi connectivity index (χ0) is 10.7. The van der Waals surface area contributed by atoms with Crippen molar-refractivity contribution in [3.05, 3.63) is 29.3 Å². The van der Waals surface area contributed by atoms with Gasteiger partial charge in [0.05, 0.1) is 0 Å². The summed E-state index contributed by atoms with van der Waals surface area (Å²) in [6, 6.07) is 6.01. The SMILES string of the molecule is N[C@@H]1CCCc2ccc(OCCF)cc21. The number of halogens is 1. The molecule has 0 fully saturated rings. The Balaban J connectivity index is 2.19. The molecule has 2 nitrogen and oxygen atoms in total. The Morgan fingerprint density at radius 1 is 1.47 bits per heavy atom. The molecule has 1 aliphatic carbocycles. The molecule has 1 aliphatic rings. The van der Waals surface area contributed by atoms with Crippen molar-refractivity contribution >= 4 is 0 Å². The molecule has 0 heterocycles. The Morgan fingerprint density at radius 3 is 3.13 bits per heavy atom. The molecule has 3 heteroatoms. The van der Waals surface area contributed by atoms with Gasteiger partial charge in [-0.2, -0.15) is 0 Å². The number of nitrogens with two attached hydrogens (primary N) is 1. The summed E-state index contributed by atoms with van der Waals surface area (Å²) in [5.41, 5.74) is 8.49. The normalized spacial score (nSPS) is 19.7. The van der Waals surface area contributed by atoms with Crippen LogP contribution in [-0.2, 0) is 6.42 Å². The highest BCUT2D eigenvalue weighted by Gasteiger charge is 2.16. The number of benzene rings is 1. The van der Waals surface area contributed by atoms with E-state index >= 15 is 0 Å². The van der Waals surface area contributed by atoms with Gasteiger partial charge in [0.2, 0.25) is 0 Å². The minimum absolute atomic E-state index is 0.114. The van der Waals surface area contributed by atoms with E-state index in [1.807, 2.05) is 18.2 Å². The number of rotatable bonds is 3.